The molecule has 8 rings (SSSR count). The number of hydrogen-bond donors (Lipinski definition) is 2. The molecule has 13 nitrogen and oxygen atoms in total. The van der Waals surface area contributed by atoms with Gasteiger partial charge in [0.15, 0.2) is 5.82 Å². The van der Waals surface area contributed by atoms with Crippen LogP contribution >= 0.6 is 0 Å². The second-order valence-electron chi connectivity index (χ2n) is 15.6. The number of hydrogen-bond acceptors (Lipinski definition) is 9. The number of hydrazine groups is 1. The predicted molar refractivity (Wildman–Crippen MR) is 211 cm³/mol. The Morgan fingerprint density at radius 1 is 0.695 bits per heavy atom. The smallest absolute Gasteiger partial charge is 0.265 e. The SMILES string of the molecule is O=C1NNC(Cc2ccc(F)c(C(=O)N3CCN(C(=O)CN4CCN(CC5CCN(C(=O)c6c(F)cc(-c7ncccn7)cc6F)CC5)CC4)CC3)c2)c2ccccc21. The van der Waals surface area contributed by atoms with Crippen molar-refractivity contribution < 1.29 is 32.3 Å². The van der Waals surface area contributed by atoms with E-state index < -0.39 is 34.8 Å². The van der Waals surface area contributed by atoms with E-state index in [1.54, 1.807) is 40.1 Å². The summed E-state index contributed by atoms with van der Waals surface area (Å²) in [6.45, 7) is 6.34. The van der Waals surface area contributed by atoms with Gasteiger partial charge >= 0.3 is 0 Å². The van der Waals surface area contributed by atoms with Gasteiger partial charge in [-0.25, -0.2) is 28.6 Å². The molecule has 308 valence electrons. The summed E-state index contributed by atoms with van der Waals surface area (Å²) in [4.78, 5) is 69.7. The third-order valence-electron chi connectivity index (χ3n) is 11.9. The summed E-state index contributed by atoms with van der Waals surface area (Å²) in [5.74, 6) is -3.24. The Morgan fingerprint density at radius 2 is 1.34 bits per heavy atom. The Bertz CT molecular complexity index is 2180. The van der Waals surface area contributed by atoms with E-state index in [2.05, 4.69) is 30.6 Å². The van der Waals surface area contributed by atoms with Crippen molar-refractivity contribution in [2.24, 2.45) is 5.92 Å². The minimum Gasteiger partial charge on any atom is -0.338 e. The normalized spacial score (nSPS) is 19.3. The van der Waals surface area contributed by atoms with Crippen molar-refractivity contribution in [1.82, 2.24) is 45.3 Å². The van der Waals surface area contributed by atoms with Crippen LogP contribution in [0, 0.1) is 23.4 Å². The van der Waals surface area contributed by atoms with Crippen molar-refractivity contribution in [3.05, 3.63) is 118 Å². The number of benzene rings is 3. The van der Waals surface area contributed by atoms with Crippen LogP contribution in [0.2, 0.25) is 0 Å². The number of likely N-dealkylation sites (tertiary alicyclic amines) is 1. The molecule has 1 atom stereocenters. The number of amides is 4. The molecular formula is C43H46F3N9O4. The third-order valence-corrected chi connectivity index (χ3v) is 11.9. The topological polar surface area (TPSA) is 134 Å². The first-order valence-corrected chi connectivity index (χ1v) is 20.1. The van der Waals surface area contributed by atoms with Gasteiger partial charge in [-0.2, -0.15) is 0 Å². The van der Waals surface area contributed by atoms with Crippen molar-refractivity contribution in [2.45, 2.75) is 25.3 Å². The predicted octanol–water partition coefficient (Wildman–Crippen LogP) is 3.55. The number of nitrogens with one attached hydrogen (secondary N) is 2. The molecule has 0 aliphatic carbocycles. The molecule has 3 aromatic carbocycles. The van der Waals surface area contributed by atoms with Crippen LogP contribution in [0.25, 0.3) is 11.4 Å². The lowest BCUT2D eigenvalue weighted by atomic mass is 9.93. The molecule has 4 aromatic rings. The van der Waals surface area contributed by atoms with E-state index in [0.717, 1.165) is 68.8 Å². The number of piperidine rings is 1. The molecule has 3 saturated heterocycles. The van der Waals surface area contributed by atoms with Crippen molar-refractivity contribution in [3.63, 3.8) is 0 Å². The zero-order valence-corrected chi connectivity index (χ0v) is 32.6. The Balaban J connectivity index is 0.757. The van der Waals surface area contributed by atoms with E-state index in [1.165, 1.54) is 23.4 Å². The zero-order chi connectivity index (χ0) is 41.0. The first-order chi connectivity index (χ1) is 28.6. The number of halogens is 3. The highest BCUT2D eigenvalue weighted by Crippen LogP contribution is 2.28. The van der Waals surface area contributed by atoms with Crippen molar-refractivity contribution in [2.75, 3.05) is 78.5 Å². The summed E-state index contributed by atoms with van der Waals surface area (Å²) in [5, 5.41) is 0. The zero-order valence-electron chi connectivity index (χ0n) is 32.6. The third kappa shape index (κ3) is 8.99. The molecule has 1 aromatic heterocycles. The van der Waals surface area contributed by atoms with Gasteiger partial charge in [-0.1, -0.05) is 24.3 Å². The fourth-order valence-electron chi connectivity index (χ4n) is 8.51. The van der Waals surface area contributed by atoms with E-state index in [1.807, 2.05) is 12.1 Å². The highest BCUT2D eigenvalue weighted by atomic mass is 19.1. The molecule has 59 heavy (non-hydrogen) atoms. The molecule has 0 saturated carbocycles. The van der Waals surface area contributed by atoms with Crippen LogP contribution in [0.4, 0.5) is 13.2 Å². The van der Waals surface area contributed by atoms with Crippen molar-refractivity contribution >= 4 is 23.6 Å². The minimum absolute atomic E-state index is 0.000896. The van der Waals surface area contributed by atoms with Gasteiger partial charge in [0, 0.05) is 95.5 Å². The molecular weight excluding hydrogens is 764 g/mol. The van der Waals surface area contributed by atoms with Gasteiger partial charge in [-0.15, -0.1) is 0 Å². The largest absolute Gasteiger partial charge is 0.338 e. The molecule has 16 heteroatoms. The number of nitrogens with zero attached hydrogens (tertiary/aromatic N) is 7. The highest BCUT2D eigenvalue weighted by molar-refractivity contribution is 5.97. The van der Waals surface area contributed by atoms with Crippen LogP contribution < -0.4 is 10.9 Å². The molecule has 0 radical (unpaired) electrons. The summed E-state index contributed by atoms with van der Waals surface area (Å²) in [6.07, 6.45) is 4.85. The van der Waals surface area contributed by atoms with Gasteiger partial charge in [0.1, 0.15) is 23.0 Å². The van der Waals surface area contributed by atoms with E-state index >= 15 is 13.2 Å². The monoisotopic (exact) mass is 809 g/mol. The summed E-state index contributed by atoms with van der Waals surface area (Å²) >= 11 is 0. The van der Waals surface area contributed by atoms with E-state index in [4.69, 9.17) is 0 Å². The van der Waals surface area contributed by atoms with Crippen LogP contribution in [0.15, 0.2) is 73.1 Å². The van der Waals surface area contributed by atoms with Crippen LogP contribution in [-0.2, 0) is 11.2 Å². The molecule has 3 fully saturated rings. The lowest BCUT2D eigenvalue weighted by Gasteiger charge is -2.40. The maximum Gasteiger partial charge on any atom is 0.265 e. The average molecular weight is 810 g/mol. The quantitative estimate of drug-likeness (QED) is 0.261. The molecule has 4 aliphatic heterocycles. The lowest BCUT2D eigenvalue weighted by Crippen LogP contribution is -2.55. The molecule has 1 unspecified atom stereocenters. The van der Waals surface area contributed by atoms with E-state index in [0.29, 0.717) is 57.2 Å². The second kappa shape index (κ2) is 17.6. The van der Waals surface area contributed by atoms with Crippen LogP contribution in [0.3, 0.4) is 0 Å². The van der Waals surface area contributed by atoms with E-state index in [-0.39, 0.29) is 41.4 Å². The Kier molecular flexibility index (Phi) is 12.0. The van der Waals surface area contributed by atoms with Gasteiger partial charge in [-0.05, 0) is 72.7 Å². The van der Waals surface area contributed by atoms with Crippen molar-refractivity contribution in [3.8, 4) is 11.4 Å². The van der Waals surface area contributed by atoms with Gasteiger partial charge < -0.3 is 19.6 Å². The summed E-state index contributed by atoms with van der Waals surface area (Å²) < 4.78 is 45.0. The molecule has 5 heterocycles. The van der Waals surface area contributed by atoms with Crippen LogP contribution in [0.5, 0.6) is 0 Å². The number of piperazine rings is 2. The number of carbonyl (C=O) groups excluding carboxylic acids is 4. The fraction of sp³-hybridized carbons (Fsp3) is 0.395. The fourth-order valence-corrected chi connectivity index (χ4v) is 8.51. The maximum absolute atomic E-state index is 15.0. The Morgan fingerprint density at radius 3 is 2.05 bits per heavy atom. The average Bonchev–Trinajstić information content (AvgIpc) is 3.26. The molecule has 2 N–H and O–H groups in total. The van der Waals surface area contributed by atoms with Crippen LogP contribution in [-0.4, -0.2) is 137 Å². The summed E-state index contributed by atoms with van der Waals surface area (Å²) in [7, 11) is 0. The maximum atomic E-state index is 15.0. The van der Waals surface area contributed by atoms with Gasteiger partial charge in [0.05, 0.1) is 18.2 Å². The van der Waals surface area contributed by atoms with E-state index in [9.17, 15) is 19.2 Å². The first-order valence-electron chi connectivity index (χ1n) is 20.1. The molecule has 0 spiro atoms. The minimum atomic E-state index is -0.933. The van der Waals surface area contributed by atoms with Gasteiger partial charge in [0.2, 0.25) is 5.91 Å². The number of carbonyl (C=O) groups is 4. The second-order valence-corrected chi connectivity index (χ2v) is 15.6. The van der Waals surface area contributed by atoms with Crippen LogP contribution in [0.1, 0.15) is 61.1 Å². The molecule has 0 bridgehead atoms. The van der Waals surface area contributed by atoms with Gasteiger partial charge in [-0.3, -0.25) is 29.5 Å². The lowest BCUT2D eigenvalue weighted by molar-refractivity contribution is -0.134. The first kappa shape index (κ1) is 40.1. The number of aromatic nitrogens is 2. The summed E-state index contributed by atoms with van der Waals surface area (Å²) in [5.41, 5.74) is 7.44. The highest BCUT2D eigenvalue weighted by Gasteiger charge is 2.32. The Hall–Kier alpha value is -5.71. The number of rotatable bonds is 9. The standard InChI is InChI=1S/C43H46F3N9O4/c44-34-7-6-29(23-37-31-4-1-2-5-32(31)41(57)50-49-37)22-33(34)42(58)55-20-18-53(19-21-55)38(56)27-52-16-14-51(15-17-52)26-28-8-12-54(13-9-28)43(59)39-35(45)24-30(25-36(39)46)40-47-10-3-11-48-40/h1-7,10-11,22,24-25,28,37,49H,8-9,12-21,23,26-27H2,(H,50,57). The van der Waals surface area contributed by atoms with Gasteiger partial charge in [0.25, 0.3) is 17.7 Å². The Labute approximate surface area is 340 Å². The van der Waals surface area contributed by atoms with Crippen molar-refractivity contribution in [1.29, 1.82) is 0 Å². The summed E-state index contributed by atoms with van der Waals surface area (Å²) in [6, 6.07) is 15.4. The number of fused-ring (bicyclic) bond motifs is 1. The molecule has 4 amide bonds. The molecule has 4 aliphatic rings.